The molecule has 0 bridgehead atoms. The highest BCUT2D eigenvalue weighted by Crippen LogP contribution is 2.32. The molecule has 1 aromatic rings. The zero-order chi connectivity index (χ0) is 14.5. The zero-order valence-electron chi connectivity index (χ0n) is 12.6. The number of aryl methyl sites for hydroxylation is 1. The first kappa shape index (κ1) is 15.0. The summed E-state index contributed by atoms with van der Waals surface area (Å²) in [5.74, 6) is 1.30. The molecule has 1 aromatic carbocycles. The summed E-state index contributed by atoms with van der Waals surface area (Å²) >= 11 is 0. The third-order valence-corrected chi connectivity index (χ3v) is 4.08. The van der Waals surface area contributed by atoms with Crippen molar-refractivity contribution in [2.75, 3.05) is 6.54 Å². The Balaban J connectivity index is 1.77. The average Bonchev–Trinajstić information content (AvgIpc) is 3.27. The maximum Gasteiger partial charge on any atom is 0.220 e. The number of nitrogens with one attached hydrogen (secondary N) is 1. The summed E-state index contributed by atoms with van der Waals surface area (Å²) in [6.45, 7) is 4.93. The van der Waals surface area contributed by atoms with E-state index in [9.17, 15) is 4.79 Å². The number of carbonyl (C=O) groups is 1. The van der Waals surface area contributed by atoms with Crippen LogP contribution in [-0.2, 0) is 11.2 Å². The van der Waals surface area contributed by atoms with Gasteiger partial charge >= 0.3 is 0 Å². The second kappa shape index (κ2) is 6.89. The van der Waals surface area contributed by atoms with Crippen LogP contribution in [-0.4, -0.2) is 18.5 Å². The molecule has 1 atom stereocenters. The van der Waals surface area contributed by atoms with E-state index in [1.54, 1.807) is 0 Å². The first-order valence-corrected chi connectivity index (χ1v) is 7.68. The fraction of sp³-hybridized carbons (Fsp3) is 0.588. The van der Waals surface area contributed by atoms with Crippen LogP contribution >= 0.6 is 0 Å². The fourth-order valence-corrected chi connectivity index (χ4v) is 2.47. The molecule has 3 nitrogen and oxygen atoms in total. The van der Waals surface area contributed by atoms with E-state index < -0.39 is 0 Å². The van der Waals surface area contributed by atoms with E-state index in [1.807, 2.05) is 0 Å². The predicted octanol–water partition coefficient (Wildman–Crippen LogP) is 2.60. The number of hydrogen-bond acceptors (Lipinski definition) is 2. The molecule has 0 spiro atoms. The lowest BCUT2D eigenvalue weighted by Crippen LogP contribution is -2.41. The van der Waals surface area contributed by atoms with E-state index in [1.165, 1.54) is 24.0 Å². The summed E-state index contributed by atoms with van der Waals surface area (Å²) in [7, 11) is 0. The minimum atomic E-state index is 0.125. The highest BCUT2D eigenvalue weighted by atomic mass is 16.1. The van der Waals surface area contributed by atoms with Gasteiger partial charge in [0, 0.05) is 19.0 Å². The molecule has 2 rings (SSSR count). The fourth-order valence-electron chi connectivity index (χ4n) is 2.47. The van der Waals surface area contributed by atoms with Crippen LogP contribution in [0.25, 0.3) is 0 Å². The molecule has 1 aliphatic rings. The number of benzene rings is 1. The van der Waals surface area contributed by atoms with Gasteiger partial charge in [-0.1, -0.05) is 38.1 Å². The Bertz CT molecular complexity index is 435. The molecule has 1 saturated carbocycles. The number of rotatable bonds is 7. The van der Waals surface area contributed by atoms with Crippen LogP contribution in [0.5, 0.6) is 0 Å². The Kier molecular flexibility index (Phi) is 5.18. The highest BCUT2D eigenvalue weighted by molar-refractivity contribution is 5.76. The third kappa shape index (κ3) is 4.34. The smallest absolute Gasteiger partial charge is 0.220 e. The van der Waals surface area contributed by atoms with Gasteiger partial charge in [0.25, 0.3) is 0 Å². The highest BCUT2D eigenvalue weighted by Gasteiger charge is 2.30. The van der Waals surface area contributed by atoms with E-state index in [4.69, 9.17) is 5.73 Å². The molecule has 1 aliphatic carbocycles. The summed E-state index contributed by atoms with van der Waals surface area (Å²) < 4.78 is 0. The number of amides is 1. The molecular weight excluding hydrogens is 248 g/mol. The number of carbonyl (C=O) groups excluding carboxylic acids is 1. The molecule has 0 saturated heterocycles. The molecule has 1 unspecified atom stereocenters. The molecular formula is C17H26N2O. The predicted molar refractivity (Wildman–Crippen MR) is 82.6 cm³/mol. The number of hydrogen-bond donors (Lipinski definition) is 2. The van der Waals surface area contributed by atoms with Crippen LogP contribution < -0.4 is 11.1 Å². The molecule has 1 fully saturated rings. The summed E-state index contributed by atoms with van der Waals surface area (Å²) in [6.07, 6.45) is 3.76. The topological polar surface area (TPSA) is 55.1 Å². The Hall–Kier alpha value is -1.35. The lowest BCUT2D eigenvalue weighted by molar-refractivity contribution is -0.121. The molecule has 1 amide bonds. The molecule has 0 aromatic heterocycles. The van der Waals surface area contributed by atoms with Crippen LogP contribution in [0.4, 0.5) is 0 Å². The van der Waals surface area contributed by atoms with Crippen LogP contribution in [0, 0.1) is 5.92 Å². The van der Waals surface area contributed by atoms with Crippen LogP contribution in [0.2, 0.25) is 0 Å². The lowest BCUT2D eigenvalue weighted by Gasteiger charge is -2.16. The van der Waals surface area contributed by atoms with Crippen LogP contribution in [0.15, 0.2) is 24.3 Å². The van der Waals surface area contributed by atoms with Gasteiger partial charge in [-0.2, -0.15) is 0 Å². The minimum Gasteiger partial charge on any atom is -0.352 e. The first-order valence-electron chi connectivity index (χ1n) is 7.68. The van der Waals surface area contributed by atoms with Crippen LogP contribution in [0.1, 0.15) is 50.2 Å². The van der Waals surface area contributed by atoms with E-state index in [-0.39, 0.29) is 11.9 Å². The van der Waals surface area contributed by atoms with Gasteiger partial charge in [-0.3, -0.25) is 4.79 Å². The maximum absolute atomic E-state index is 11.9. The Labute approximate surface area is 121 Å². The number of nitrogens with two attached hydrogens (primary N) is 1. The third-order valence-electron chi connectivity index (χ3n) is 4.08. The van der Waals surface area contributed by atoms with Crippen molar-refractivity contribution in [1.82, 2.24) is 5.32 Å². The lowest BCUT2D eigenvalue weighted by atomic mass is 10.0. The van der Waals surface area contributed by atoms with E-state index in [0.717, 1.165) is 6.42 Å². The molecule has 110 valence electrons. The van der Waals surface area contributed by atoms with Crippen molar-refractivity contribution >= 4 is 5.91 Å². The summed E-state index contributed by atoms with van der Waals surface area (Å²) in [5.41, 5.74) is 8.26. The molecule has 0 radical (unpaired) electrons. The Morgan fingerprint density at radius 3 is 2.45 bits per heavy atom. The summed E-state index contributed by atoms with van der Waals surface area (Å²) in [6, 6.07) is 8.76. The van der Waals surface area contributed by atoms with Gasteiger partial charge in [0.05, 0.1) is 0 Å². The Morgan fingerprint density at radius 1 is 1.30 bits per heavy atom. The van der Waals surface area contributed by atoms with Gasteiger partial charge in [-0.15, -0.1) is 0 Å². The van der Waals surface area contributed by atoms with Gasteiger partial charge in [0.15, 0.2) is 0 Å². The largest absolute Gasteiger partial charge is 0.352 e. The molecule has 0 aliphatic heterocycles. The van der Waals surface area contributed by atoms with Gasteiger partial charge in [0.1, 0.15) is 0 Å². The SMILES string of the molecule is CC(C)c1ccc(CCC(=O)NC(CN)C2CC2)cc1. The second-order valence-electron chi connectivity index (χ2n) is 6.14. The average molecular weight is 274 g/mol. The standard InChI is InChI=1S/C17H26N2O/c1-12(2)14-6-3-13(4-7-14)5-10-17(20)19-16(11-18)15-8-9-15/h3-4,6-7,12,15-16H,5,8-11,18H2,1-2H3,(H,19,20). The zero-order valence-corrected chi connectivity index (χ0v) is 12.6. The summed E-state index contributed by atoms with van der Waals surface area (Å²) in [4.78, 5) is 11.9. The van der Waals surface area contributed by atoms with Gasteiger partial charge in [-0.25, -0.2) is 0 Å². The van der Waals surface area contributed by atoms with Crippen molar-refractivity contribution in [3.05, 3.63) is 35.4 Å². The van der Waals surface area contributed by atoms with Gasteiger partial charge in [-0.05, 0) is 42.2 Å². The van der Waals surface area contributed by atoms with Gasteiger partial charge < -0.3 is 11.1 Å². The van der Waals surface area contributed by atoms with Crippen molar-refractivity contribution in [2.24, 2.45) is 11.7 Å². The van der Waals surface area contributed by atoms with Crippen molar-refractivity contribution in [3.8, 4) is 0 Å². The molecule has 0 heterocycles. The van der Waals surface area contributed by atoms with Crippen molar-refractivity contribution in [1.29, 1.82) is 0 Å². The Morgan fingerprint density at radius 2 is 1.95 bits per heavy atom. The maximum atomic E-state index is 11.9. The van der Waals surface area contributed by atoms with E-state index in [2.05, 4.69) is 43.4 Å². The van der Waals surface area contributed by atoms with Crippen molar-refractivity contribution in [3.63, 3.8) is 0 Å². The summed E-state index contributed by atoms with van der Waals surface area (Å²) in [5, 5.41) is 3.06. The molecule has 3 heteroatoms. The second-order valence-corrected chi connectivity index (χ2v) is 6.14. The monoisotopic (exact) mass is 274 g/mol. The van der Waals surface area contributed by atoms with E-state index in [0.29, 0.717) is 24.8 Å². The van der Waals surface area contributed by atoms with E-state index >= 15 is 0 Å². The normalized spacial score (nSPS) is 16.2. The van der Waals surface area contributed by atoms with Crippen molar-refractivity contribution in [2.45, 2.75) is 51.5 Å². The molecule has 3 N–H and O–H groups in total. The first-order chi connectivity index (χ1) is 9.60. The molecule has 20 heavy (non-hydrogen) atoms. The van der Waals surface area contributed by atoms with Crippen molar-refractivity contribution < 1.29 is 4.79 Å². The minimum absolute atomic E-state index is 0.125. The quantitative estimate of drug-likeness (QED) is 0.803. The van der Waals surface area contributed by atoms with Gasteiger partial charge in [0.2, 0.25) is 5.91 Å². The van der Waals surface area contributed by atoms with Crippen LogP contribution in [0.3, 0.4) is 0 Å².